The van der Waals surface area contributed by atoms with E-state index in [2.05, 4.69) is 95.4 Å². The maximum atomic E-state index is 5.78. The van der Waals surface area contributed by atoms with Crippen LogP contribution in [0.1, 0.15) is 37.5 Å². The molecule has 0 radical (unpaired) electrons. The molecule has 0 aliphatic rings. The lowest BCUT2D eigenvalue weighted by Crippen LogP contribution is -2.33. The molecule has 3 aromatic rings. The molecule has 0 unspecified atom stereocenters. The fourth-order valence-corrected chi connectivity index (χ4v) is 3.58. The Balaban J connectivity index is 1.78. The van der Waals surface area contributed by atoms with Gasteiger partial charge in [-0.25, -0.2) is 0 Å². The van der Waals surface area contributed by atoms with Crippen LogP contribution in [-0.2, 0) is 18.5 Å². The number of nitrogens with one attached hydrogen (secondary N) is 1. The molecule has 0 aliphatic heterocycles. The first kappa shape index (κ1) is 21.5. The molecule has 0 spiro atoms. The second-order valence-corrected chi connectivity index (χ2v) is 9.53. The molecule has 0 aromatic heterocycles. The quantitative estimate of drug-likeness (QED) is 0.401. The van der Waals surface area contributed by atoms with Gasteiger partial charge in [0.15, 0.2) is 5.11 Å². The van der Waals surface area contributed by atoms with E-state index in [0.717, 1.165) is 28.4 Å². The molecule has 3 aromatic carbocycles. The monoisotopic (exact) mass is 466 g/mol. The molecule has 150 valence electrons. The Hall–Kier alpha value is -2.17. The molecule has 0 saturated heterocycles. The van der Waals surface area contributed by atoms with Gasteiger partial charge >= 0.3 is 0 Å². The first-order valence-electron chi connectivity index (χ1n) is 9.76. The normalized spacial score (nSPS) is 11.2. The fraction of sp³-hybridized carbons (Fsp3) is 0.240. The van der Waals surface area contributed by atoms with Gasteiger partial charge in [-0.3, -0.25) is 0 Å². The Morgan fingerprint density at radius 3 is 1.93 bits per heavy atom. The summed E-state index contributed by atoms with van der Waals surface area (Å²) in [5, 5.41) is 4.10. The van der Waals surface area contributed by atoms with E-state index in [0.29, 0.717) is 0 Å². The second-order valence-electron chi connectivity index (χ2n) is 8.23. The van der Waals surface area contributed by atoms with Gasteiger partial charge in [-0.15, -0.1) is 0 Å². The third-order valence-corrected chi connectivity index (χ3v) is 5.68. The number of hydrogen-bond donors (Lipinski definition) is 1. The van der Waals surface area contributed by atoms with Crippen molar-refractivity contribution in [2.45, 2.75) is 39.3 Å². The highest BCUT2D eigenvalue weighted by Crippen LogP contribution is 2.23. The van der Waals surface area contributed by atoms with E-state index in [9.17, 15) is 0 Å². The number of thiocarbonyl (C=S) groups is 1. The van der Waals surface area contributed by atoms with Crippen molar-refractivity contribution in [1.29, 1.82) is 0 Å². The number of rotatable bonds is 5. The summed E-state index contributed by atoms with van der Waals surface area (Å²) in [4.78, 5) is 2.21. The van der Waals surface area contributed by atoms with E-state index in [1.165, 1.54) is 16.7 Å². The molecule has 0 heterocycles. The first-order valence-corrected chi connectivity index (χ1v) is 11.0. The van der Waals surface area contributed by atoms with E-state index in [4.69, 9.17) is 12.2 Å². The van der Waals surface area contributed by atoms with Crippen LogP contribution >= 0.6 is 28.1 Å². The molecule has 2 nitrogen and oxygen atoms in total. The lowest BCUT2D eigenvalue weighted by atomic mass is 9.87. The molecule has 0 saturated carbocycles. The fourth-order valence-electron chi connectivity index (χ4n) is 3.07. The van der Waals surface area contributed by atoms with Crippen LogP contribution in [-0.4, -0.2) is 10.0 Å². The van der Waals surface area contributed by atoms with Crippen molar-refractivity contribution in [3.05, 3.63) is 100 Å². The van der Waals surface area contributed by atoms with Gasteiger partial charge in [0.1, 0.15) is 0 Å². The summed E-state index contributed by atoms with van der Waals surface area (Å²) >= 11 is 9.25. The molecule has 0 fully saturated rings. The summed E-state index contributed by atoms with van der Waals surface area (Å²) in [6, 6.07) is 27.4. The van der Waals surface area contributed by atoms with Crippen LogP contribution in [0.25, 0.3) is 0 Å². The van der Waals surface area contributed by atoms with Crippen LogP contribution in [0, 0.1) is 0 Å². The van der Waals surface area contributed by atoms with Crippen LogP contribution in [0.3, 0.4) is 0 Å². The van der Waals surface area contributed by atoms with Gasteiger partial charge in [0.2, 0.25) is 0 Å². The highest BCUT2D eigenvalue weighted by molar-refractivity contribution is 9.10. The zero-order valence-corrected chi connectivity index (χ0v) is 19.6. The molecule has 0 atom stereocenters. The van der Waals surface area contributed by atoms with E-state index >= 15 is 0 Å². The van der Waals surface area contributed by atoms with Crippen molar-refractivity contribution in [3.63, 3.8) is 0 Å². The molecule has 0 bridgehead atoms. The van der Waals surface area contributed by atoms with Crippen molar-refractivity contribution >= 4 is 38.9 Å². The Bertz CT molecular complexity index is 929. The molecule has 4 heteroatoms. The lowest BCUT2D eigenvalue weighted by Gasteiger charge is -2.27. The van der Waals surface area contributed by atoms with Gasteiger partial charge in [-0.1, -0.05) is 91.3 Å². The van der Waals surface area contributed by atoms with E-state index in [-0.39, 0.29) is 5.41 Å². The minimum Gasteiger partial charge on any atom is -0.340 e. The van der Waals surface area contributed by atoms with Gasteiger partial charge in [0.25, 0.3) is 0 Å². The summed E-state index contributed by atoms with van der Waals surface area (Å²) in [5.41, 5.74) is 4.96. The largest absolute Gasteiger partial charge is 0.340 e. The van der Waals surface area contributed by atoms with Gasteiger partial charge < -0.3 is 10.2 Å². The van der Waals surface area contributed by atoms with E-state index in [1.807, 2.05) is 30.3 Å². The highest BCUT2D eigenvalue weighted by Gasteiger charge is 2.15. The van der Waals surface area contributed by atoms with Crippen LogP contribution in [0.15, 0.2) is 83.3 Å². The topological polar surface area (TPSA) is 15.3 Å². The SMILES string of the molecule is CC(C)(C)c1ccc(CN(Cc2ccccc2)C(=S)Nc2ccc(Br)cc2)cc1. The number of benzene rings is 3. The lowest BCUT2D eigenvalue weighted by molar-refractivity contribution is 0.412. The molecule has 0 amide bonds. The maximum absolute atomic E-state index is 5.78. The minimum atomic E-state index is 0.153. The van der Waals surface area contributed by atoms with Gasteiger partial charge in [-0.2, -0.15) is 0 Å². The zero-order chi connectivity index (χ0) is 20.9. The summed E-state index contributed by atoms with van der Waals surface area (Å²) in [6.07, 6.45) is 0. The van der Waals surface area contributed by atoms with Crippen LogP contribution in [0.2, 0.25) is 0 Å². The van der Waals surface area contributed by atoms with Crippen molar-refractivity contribution in [2.75, 3.05) is 5.32 Å². The molecular formula is C25H27BrN2S. The average Bonchev–Trinajstić information content (AvgIpc) is 2.70. The summed E-state index contributed by atoms with van der Waals surface area (Å²) in [7, 11) is 0. The third kappa shape index (κ3) is 6.41. The van der Waals surface area contributed by atoms with Gasteiger partial charge in [0.05, 0.1) is 0 Å². The second kappa shape index (κ2) is 9.55. The van der Waals surface area contributed by atoms with Crippen LogP contribution in [0.5, 0.6) is 0 Å². The van der Waals surface area contributed by atoms with Crippen molar-refractivity contribution in [1.82, 2.24) is 4.90 Å². The zero-order valence-electron chi connectivity index (χ0n) is 17.2. The molecule has 3 rings (SSSR count). The highest BCUT2D eigenvalue weighted by atomic mass is 79.9. The standard InChI is InChI=1S/C25H27BrN2S/c1-25(2,3)21-11-9-20(10-12-21)18-28(17-19-7-5-4-6-8-19)24(29)27-23-15-13-22(26)14-16-23/h4-16H,17-18H2,1-3H3,(H,27,29). The van der Waals surface area contributed by atoms with Gasteiger partial charge in [0, 0.05) is 23.2 Å². The Morgan fingerprint density at radius 2 is 1.38 bits per heavy atom. The third-order valence-electron chi connectivity index (χ3n) is 4.79. The summed E-state index contributed by atoms with van der Waals surface area (Å²) in [5.74, 6) is 0. The predicted octanol–water partition coefficient (Wildman–Crippen LogP) is 7.15. The van der Waals surface area contributed by atoms with Crippen molar-refractivity contribution in [3.8, 4) is 0 Å². The minimum absolute atomic E-state index is 0.153. The smallest absolute Gasteiger partial charge is 0.174 e. The number of anilines is 1. The van der Waals surface area contributed by atoms with Crippen LogP contribution in [0.4, 0.5) is 5.69 Å². The Labute approximate surface area is 188 Å². The molecular weight excluding hydrogens is 440 g/mol. The van der Waals surface area contributed by atoms with Crippen molar-refractivity contribution < 1.29 is 0 Å². The van der Waals surface area contributed by atoms with Crippen molar-refractivity contribution in [2.24, 2.45) is 0 Å². The average molecular weight is 467 g/mol. The number of nitrogens with zero attached hydrogens (tertiary/aromatic N) is 1. The predicted molar refractivity (Wildman–Crippen MR) is 131 cm³/mol. The van der Waals surface area contributed by atoms with Crippen LogP contribution < -0.4 is 5.32 Å². The van der Waals surface area contributed by atoms with Gasteiger partial charge in [-0.05, 0) is 58.6 Å². The number of halogens is 1. The maximum Gasteiger partial charge on any atom is 0.174 e. The molecule has 0 aliphatic carbocycles. The van der Waals surface area contributed by atoms with E-state index in [1.54, 1.807) is 0 Å². The first-order chi connectivity index (χ1) is 13.8. The molecule has 1 N–H and O–H groups in total. The number of hydrogen-bond acceptors (Lipinski definition) is 1. The Morgan fingerprint density at radius 1 is 0.828 bits per heavy atom. The Kier molecular flexibility index (Phi) is 7.09. The summed E-state index contributed by atoms with van der Waals surface area (Å²) in [6.45, 7) is 8.22. The molecule has 29 heavy (non-hydrogen) atoms. The summed E-state index contributed by atoms with van der Waals surface area (Å²) < 4.78 is 1.05. The van der Waals surface area contributed by atoms with E-state index < -0.39 is 0 Å².